The van der Waals surface area contributed by atoms with Crippen LogP contribution in [0.15, 0.2) is 53.8 Å². The van der Waals surface area contributed by atoms with Crippen LogP contribution in [-0.2, 0) is 23.8 Å². The van der Waals surface area contributed by atoms with E-state index in [-0.39, 0.29) is 31.0 Å². The van der Waals surface area contributed by atoms with E-state index in [1.807, 2.05) is 0 Å². The molecule has 0 spiro atoms. The van der Waals surface area contributed by atoms with E-state index in [4.69, 9.17) is 18.9 Å². The molecule has 186 valence electrons. The summed E-state index contributed by atoms with van der Waals surface area (Å²) in [6.07, 6.45) is 1.29. The van der Waals surface area contributed by atoms with Crippen molar-refractivity contribution in [2.75, 3.05) is 33.0 Å². The number of rotatable bonds is 13. The van der Waals surface area contributed by atoms with Gasteiger partial charge in [0.15, 0.2) is 12.0 Å². The largest absolute Gasteiger partial charge is 0.480 e. The Labute approximate surface area is 204 Å². The Hall–Kier alpha value is -3.34. The third-order valence-corrected chi connectivity index (χ3v) is 6.01. The maximum atomic E-state index is 14.4. The van der Waals surface area contributed by atoms with Gasteiger partial charge in [-0.05, 0) is 37.1 Å². The molecule has 1 unspecified atom stereocenters. The van der Waals surface area contributed by atoms with Crippen LogP contribution in [0.2, 0.25) is 0 Å². The molecular formula is C25H25FO8S. The number of ether oxygens (including phenoxy) is 4. The second-order valence-corrected chi connectivity index (χ2v) is 8.51. The summed E-state index contributed by atoms with van der Waals surface area (Å²) < 4.78 is 36.0. The van der Waals surface area contributed by atoms with E-state index in [0.29, 0.717) is 34.2 Å². The predicted molar refractivity (Wildman–Crippen MR) is 129 cm³/mol. The van der Waals surface area contributed by atoms with Crippen LogP contribution in [0.4, 0.5) is 4.39 Å². The first-order chi connectivity index (χ1) is 16.9. The fourth-order valence-electron chi connectivity index (χ4n) is 3.13. The Bertz CT molecular complexity index is 1260. The normalized spacial score (nSPS) is 11.8. The summed E-state index contributed by atoms with van der Waals surface area (Å²) in [4.78, 5) is 35.7. The number of fused-ring (bicyclic) bond motifs is 2. The smallest absolute Gasteiger partial charge is 0.344 e. The van der Waals surface area contributed by atoms with Gasteiger partial charge in [0.1, 0.15) is 24.3 Å². The molecule has 0 aliphatic heterocycles. The first kappa shape index (κ1) is 26.3. The van der Waals surface area contributed by atoms with Crippen LogP contribution >= 0.6 is 11.3 Å². The number of halogens is 1. The summed E-state index contributed by atoms with van der Waals surface area (Å²) in [6.45, 7) is 3.09. The zero-order chi connectivity index (χ0) is 25.2. The van der Waals surface area contributed by atoms with Crippen molar-refractivity contribution in [3.05, 3.63) is 65.1 Å². The van der Waals surface area contributed by atoms with Crippen LogP contribution in [0.5, 0.6) is 5.75 Å². The Kier molecular flexibility index (Phi) is 9.71. The van der Waals surface area contributed by atoms with Crippen LogP contribution in [0.3, 0.4) is 0 Å². The van der Waals surface area contributed by atoms with Crippen molar-refractivity contribution in [2.45, 2.75) is 18.9 Å². The molecule has 0 fully saturated rings. The van der Waals surface area contributed by atoms with E-state index in [9.17, 15) is 23.9 Å². The molecule has 3 rings (SSSR count). The minimum atomic E-state index is -1.03. The summed E-state index contributed by atoms with van der Waals surface area (Å²) >= 11 is 1.19. The van der Waals surface area contributed by atoms with E-state index >= 15 is 0 Å². The molecule has 3 aromatic rings. The first-order valence-electron chi connectivity index (χ1n) is 10.9. The summed E-state index contributed by atoms with van der Waals surface area (Å²) in [5, 5.41) is 10.2. The van der Waals surface area contributed by atoms with E-state index in [2.05, 4.69) is 6.58 Å². The molecule has 2 aromatic carbocycles. The Morgan fingerprint density at radius 2 is 1.86 bits per heavy atom. The lowest BCUT2D eigenvalue weighted by atomic mass is 10.1. The standard InChI is InChI=1S/C25H25FO8S/c1-2-21(28)32-12-6-5-11-31-13-16(27)14-34-22(29)15-33-19-10-9-18(26)23-24(30)17-7-3-4-8-20(17)35-25(19)23/h2-4,7-10,16,27H,1,5-6,11-15H2. The van der Waals surface area contributed by atoms with Gasteiger partial charge >= 0.3 is 11.9 Å². The topological polar surface area (TPSA) is 108 Å². The predicted octanol–water partition coefficient (Wildman–Crippen LogP) is 3.36. The highest BCUT2D eigenvalue weighted by molar-refractivity contribution is 7.24. The van der Waals surface area contributed by atoms with Crippen molar-refractivity contribution in [2.24, 2.45) is 0 Å². The SMILES string of the molecule is C=CC(=O)OCCCCOCC(O)COC(=O)COc1ccc(F)c2c(=O)c3ccccc3sc12. The molecule has 35 heavy (non-hydrogen) atoms. The molecule has 0 aliphatic carbocycles. The molecule has 1 heterocycles. The Morgan fingerprint density at radius 3 is 2.66 bits per heavy atom. The highest BCUT2D eigenvalue weighted by Crippen LogP contribution is 2.33. The molecule has 0 radical (unpaired) electrons. The summed E-state index contributed by atoms with van der Waals surface area (Å²) in [7, 11) is 0. The van der Waals surface area contributed by atoms with Crippen molar-refractivity contribution in [1.29, 1.82) is 0 Å². The van der Waals surface area contributed by atoms with Gasteiger partial charge in [0.25, 0.3) is 0 Å². The third-order valence-electron chi connectivity index (χ3n) is 4.83. The molecule has 1 N–H and O–H groups in total. The summed E-state index contributed by atoms with van der Waals surface area (Å²) in [6, 6.07) is 9.35. The number of aliphatic hydroxyl groups is 1. The second-order valence-electron chi connectivity index (χ2n) is 7.46. The van der Waals surface area contributed by atoms with E-state index < -0.39 is 35.9 Å². The molecule has 0 aliphatic rings. The van der Waals surface area contributed by atoms with Gasteiger partial charge in [-0.2, -0.15) is 0 Å². The van der Waals surface area contributed by atoms with Gasteiger partial charge in [-0.1, -0.05) is 18.7 Å². The molecule has 1 atom stereocenters. The number of esters is 2. The lowest BCUT2D eigenvalue weighted by molar-refractivity contribution is -0.150. The Morgan fingerprint density at radius 1 is 1.09 bits per heavy atom. The van der Waals surface area contributed by atoms with Gasteiger partial charge in [-0.15, -0.1) is 11.3 Å². The summed E-state index contributed by atoms with van der Waals surface area (Å²) in [5.41, 5.74) is -0.444. The molecule has 1 aromatic heterocycles. The number of hydrogen-bond donors (Lipinski definition) is 1. The van der Waals surface area contributed by atoms with Crippen molar-refractivity contribution in [3.8, 4) is 5.75 Å². The molecule has 0 saturated heterocycles. The van der Waals surface area contributed by atoms with Gasteiger partial charge in [0, 0.05) is 22.8 Å². The van der Waals surface area contributed by atoms with E-state index in [1.165, 1.54) is 17.4 Å². The van der Waals surface area contributed by atoms with Crippen LogP contribution in [-0.4, -0.2) is 56.2 Å². The zero-order valence-corrected chi connectivity index (χ0v) is 19.7. The minimum Gasteiger partial charge on any atom is -0.480 e. The van der Waals surface area contributed by atoms with Crippen molar-refractivity contribution < 1.29 is 38.0 Å². The van der Waals surface area contributed by atoms with Gasteiger partial charge in [-0.3, -0.25) is 4.79 Å². The number of unbranched alkanes of at least 4 members (excludes halogenated alkanes) is 1. The molecule has 0 saturated carbocycles. The maximum Gasteiger partial charge on any atom is 0.344 e. The average molecular weight is 505 g/mol. The number of carbonyl (C=O) groups excluding carboxylic acids is 2. The van der Waals surface area contributed by atoms with Crippen LogP contribution in [0.25, 0.3) is 20.2 Å². The monoisotopic (exact) mass is 504 g/mol. The van der Waals surface area contributed by atoms with Gasteiger partial charge in [0.05, 0.1) is 23.3 Å². The average Bonchev–Trinajstić information content (AvgIpc) is 2.86. The molecular weight excluding hydrogens is 479 g/mol. The second kappa shape index (κ2) is 12.9. The highest BCUT2D eigenvalue weighted by atomic mass is 32.1. The third kappa shape index (κ3) is 7.32. The zero-order valence-electron chi connectivity index (χ0n) is 18.9. The lowest BCUT2D eigenvalue weighted by Crippen LogP contribution is -2.26. The van der Waals surface area contributed by atoms with Crippen molar-refractivity contribution in [3.63, 3.8) is 0 Å². The Balaban J connectivity index is 1.45. The number of benzene rings is 2. The van der Waals surface area contributed by atoms with E-state index in [1.54, 1.807) is 24.3 Å². The van der Waals surface area contributed by atoms with E-state index in [0.717, 1.165) is 12.1 Å². The minimum absolute atomic E-state index is 0.0375. The van der Waals surface area contributed by atoms with Gasteiger partial charge in [0.2, 0.25) is 0 Å². The fourth-order valence-corrected chi connectivity index (χ4v) is 4.28. The fraction of sp³-hybridized carbons (Fsp3) is 0.320. The molecule has 0 amide bonds. The first-order valence-corrected chi connectivity index (χ1v) is 11.7. The summed E-state index contributed by atoms with van der Waals surface area (Å²) in [5.74, 6) is -1.69. The number of aliphatic hydroxyl groups excluding tert-OH is 1. The molecule has 10 heteroatoms. The highest BCUT2D eigenvalue weighted by Gasteiger charge is 2.16. The quantitative estimate of drug-likeness (QED) is 0.163. The van der Waals surface area contributed by atoms with Crippen LogP contribution < -0.4 is 10.2 Å². The van der Waals surface area contributed by atoms with Crippen LogP contribution in [0.1, 0.15) is 12.8 Å². The van der Waals surface area contributed by atoms with Gasteiger partial charge < -0.3 is 24.1 Å². The maximum absolute atomic E-state index is 14.4. The van der Waals surface area contributed by atoms with Crippen LogP contribution in [0, 0.1) is 5.82 Å². The van der Waals surface area contributed by atoms with Gasteiger partial charge in [-0.25, -0.2) is 14.0 Å². The molecule has 0 bridgehead atoms. The molecule has 8 nitrogen and oxygen atoms in total. The lowest BCUT2D eigenvalue weighted by Gasteiger charge is -2.13. The van der Waals surface area contributed by atoms with Crippen molar-refractivity contribution in [1.82, 2.24) is 0 Å². The number of hydrogen-bond acceptors (Lipinski definition) is 9. The van der Waals surface area contributed by atoms with Crippen molar-refractivity contribution >= 4 is 43.4 Å². The number of carbonyl (C=O) groups is 2.